The van der Waals surface area contributed by atoms with E-state index in [2.05, 4.69) is 5.32 Å². The normalized spacial score (nSPS) is 19.6. The summed E-state index contributed by atoms with van der Waals surface area (Å²) < 4.78 is 19.0. The van der Waals surface area contributed by atoms with Crippen LogP contribution in [0.1, 0.15) is 24.4 Å². The first-order valence-corrected chi connectivity index (χ1v) is 5.82. The van der Waals surface area contributed by atoms with Crippen molar-refractivity contribution in [3.05, 3.63) is 35.6 Å². The average Bonchev–Trinajstić information content (AvgIpc) is 2.34. The molecule has 1 aliphatic rings. The van der Waals surface area contributed by atoms with Crippen LogP contribution in [0.2, 0.25) is 0 Å². The highest BCUT2D eigenvalue weighted by Gasteiger charge is 2.25. The Kier molecular flexibility index (Phi) is 3.91. The van der Waals surface area contributed by atoms with Crippen LogP contribution in [-0.4, -0.2) is 20.3 Å². The van der Waals surface area contributed by atoms with E-state index in [1.165, 1.54) is 6.07 Å². The molecule has 1 aliphatic heterocycles. The molecule has 1 aromatic carbocycles. The molecule has 0 aromatic heterocycles. The predicted molar refractivity (Wildman–Crippen MR) is 61.7 cm³/mol. The number of hydrogen-bond acceptors (Lipinski definition) is 2. The Morgan fingerprint density at radius 1 is 1.31 bits per heavy atom. The molecule has 0 amide bonds. The van der Waals surface area contributed by atoms with Gasteiger partial charge in [-0.15, -0.1) is 0 Å². The molecule has 1 atom stereocenters. The summed E-state index contributed by atoms with van der Waals surface area (Å²) in [5.74, 6) is 0.351. The molecule has 1 fully saturated rings. The third-order valence-corrected chi connectivity index (χ3v) is 3.29. The maximum atomic E-state index is 13.7. The van der Waals surface area contributed by atoms with Gasteiger partial charge in [0.2, 0.25) is 0 Å². The first-order chi connectivity index (χ1) is 7.83. The van der Waals surface area contributed by atoms with Crippen molar-refractivity contribution in [2.75, 3.05) is 20.3 Å². The van der Waals surface area contributed by atoms with E-state index in [1.54, 1.807) is 6.07 Å². The van der Waals surface area contributed by atoms with E-state index in [1.807, 2.05) is 19.2 Å². The van der Waals surface area contributed by atoms with Gasteiger partial charge in [0.1, 0.15) is 5.82 Å². The minimum Gasteiger partial charge on any atom is -0.381 e. The molecule has 16 heavy (non-hydrogen) atoms. The zero-order chi connectivity index (χ0) is 11.4. The maximum absolute atomic E-state index is 13.7. The molecule has 0 saturated carbocycles. The Hall–Kier alpha value is -0.930. The summed E-state index contributed by atoms with van der Waals surface area (Å²) in [5.41, 5.74) is 0.775. The molecule has 2 nitrogen and oxygen atoms in total. The number of hydrogen-bond donors (Lipinski definition) is 1. The van der Waals surface area contributed by atoms with E-state index in [4.69, 9.17) is 4.74 Å². The molecule has 0 aliphatic carbocycles. The standard InChI is InChI=1S/C13H18FNO/c1-15-13(10-6-8-16-9-7-10)11-4-2-3-5-12(11)14/h2-5,10,13,15H,6-9H2,1H3. The Morgan fingerprint density at radius 3 is 2.62 bits per heavy atom. The van der Waals surface area contributed by atoms with Gasteiger partial charge >= 0.3 is 0 Å². The Balaban J connectivity index is 2.18. The summed E-state index contributed by atoms with van der Waals surface area (Å²) in [5, 5.41) is 3.23. The summed E-state index contributed by atoms with van der Waals surface area (Å²) in [6, 6.07) is 7.12. The van der Waals surface area contributed by atoms with Crippen molar-refractivity contribution in [3.8, 4) is 0 Å². The van der Waals surface area contributed by atoms with Crippen LogP contribution in [0.4, 0.5) is 4.39 Å². The lowest BCUT2D eigenvalue weighted by atomic mass is 9.87. The van der Waals surface area contributed by atoms with Crippen molar-refractivity contribution >= 4 is 0 Å². The van der Waals surface area contributed by atoms with Crippen LogP contribution in [0, 0.1) is 11.7 Å². The van der Waals surface area contributed by atoms with Crippen LogP contribution in [0.25, 0.3) is 0 Å². The van der Waals surface area contributed by atoms with Crippen LogP contribution in [0.15, 0.2) is 24.3 Å². The van der Waals surface area contributed by atoms with Crippen molar-refractivity contribution in [2.24, 2.45) is 5.92 Å². The fourth-order valence-corrected chi connectivity index (χ4v) is 2.42. The molecule has 1 aromatic rings. The van der Waals surface area contributed by atoms with Gasteiger partial charge in [0, 0.05) is 24.8 Å². The summed E-state index contributed by atoms with van der Waals surface area (Å²) >= 11 is 0. The number of ether oxygens (including phenoxy) is 1. The lowest BCUT2D eigenvalue weighted by molar-refractivity contribution is 0.0541. The minimum atomic E-state index is -0.117. The van der Waals surface area contributed by atoms with Crippen molar-refractivity contribution < 1.29 is 9.13 Å². The van der Waals surface area contributed by atoms with E-state index in [-0.39, 0.29) is 11.9 Å². The highest BCUT2D eigenvalue weighted by Crippen LogP contribution is 2.30. The molecule has 1 heterocycles. The SMILES string of the molecule is CNC(c1ccccc1F)C1CCOCC1. The molecule has 0 bridgehead atoms. The zero-order valence-corrected chi connectivity index (χ0v) is 9.58. The van der Waals surface area contributed by atoms with Gasteiger partial charge in [0.15, 0.2) is 0 Å². The van der Waals surface area contributed by atoms with E-state index in [0.717, 1.165) is 31.6 Å². The highest BCUT2D eigenvalue weighted by atomic mass is 19.1. The van der Waals surface area contributed by atoms with Crippen molar-refractivity contribution in [1.29, 1.82) is 0 Å². The van der Waals surface area contributed by atoms with Gasteiger partial charge in [0.25, 0.3) is 0 Å². The molecular formula is C13H18FNO. The predicted octanol–water partition coefficient (Wildman–Crippen LogP) is 2.51. The van der Waals surface area contributed by atoms with Gasteiger partial charge in [-0.2, -0.15) is 0 Å². The Labute approximate surface area is 95.8 Å². The molecule has 88 valence electrons. The summed E-state index contributed by atoms with van der Waals surface area (Å²) in [7, 11) is 1.90. The molecule has 0 radical (unpaired) electrons. The number of halogens is 1. The summed E-state index contributed by atoms with van der Waals surface area (Å²) in [6.45, 7) is 1.58. The van der Waals surface area contributed by atoms with E-state index >= 15 is 0 Å². The van der Waals surface area contributed by atoms with Crippen LogP contribution < -0.4 is 5.32 Å². The zero-order valence-electron chi connectivity index (χ0n) is 9.58. The van der Waals surface area contributed by atoms with Gasteiger partial charge in [-0.1, -0.05) is 18.2 Å². The lowest BCUT2D eigenvalue weighted by Gasteiger charge is -2.30. The van der Waals surface area contributed by atoms with Crippen LogP contribution in [0.5, 0.6) is 0 Å². The quantitative estimate of drug-likeness (QED) is 0.850. The number of nitrogens with one attached hydrogen (secondary N) is 1. The lowest BCUT2D eigenvalue weighted by Crippen LogP contribution is -2.30. The van der Waals surface area contributed by atoms with Crippen molar-refractivity contribution in [3.63, 3.8) is 0 Å². The molecule has 1 saturated heterocycles. The topological polar surface area (TPSA) is 21.3 Å². The summed E-state index contributed by atoms with van der Waals surface area (Å²) in [6.07, 6.45) is 2.00. The minimum absolute atomic E-state index is 0.102. The third-order valence-electron chi connectivity index (χ3n) is 3.29. The molecule has 1 unspecified atom stereocenters. The first kappa shape index (κ1) is 11.6. The molecule has 2 rings (SSSR count). The smallest absolute Gasteiger partial charge is 0.127 e. The van der Waals surface area contributed by atoms with Gasteiger partial charge in [0.05, 0.1) is 0 Å². The number of rotatable bonds is 3. The van der Waals surface area contributed by atoms with Gasteiger partial charge in [-0.05, 0) is 31.9 Å². The van der Waals surface area contributed by atoms with E-state index in [0.29, 0.717) is 5.92 Å². The highest BCUT2D eigenvalue weighted by molar-refractivity contribution is 5.22. The Morgan fingerprint density at radius 2 is 2.00 bits per heavy atom. The molecule has 0 spiro atoms. The molecule has 3 heteroatoms. The Bertz CT molecular complexity index is 336. The van der Waals surface area contributed by atoms with Crippen LogP contribution in [0.3, 0.4) is 0 Å². The number of benzene rings is 1. The van der Waals surface area contributed by atoms with Crippen molar-refractivity contribution in [2.45, 2.75) is 18.9 Å². The van der Waals surface area contributed by atoms with E-state index < -0.39 is 0 Å². The van der Waals surface area contributed by atoms with E-state index in [9.17, 15) is 4.39 Å². The second kappa shape index (κ2) is 5.41. The second-order valence-electron chi connectivity index (χ2n) is 4.24. The van der Waals surface area contributed by atoms with Crippen LogP contribution in [-0.2, 0) is 4.74 Å². The van der Waals surface area contributed by atoms with Gasteiger partial charge in [-0.25, -0.2) is 4.39 Å². The van der Waals surface area contributed by atoms with Gasteiger partial charge < -0.3 is 10.1 Å². The third kappa shape index (κ3) is 2.42. The molecule has 1 N–H and O–H groups in total. The van der Waals surface area contributed by atoms with Gasteiger partial charge in [-0.3, -0.25) is 0 Å². The summed E-state index contributed by atoms with van der Waals surface area (Å²) in [4.78, 5) is 0. The molecular weight excluding hydrogens is 205 g/mol. The fourth-order valence-electron chi connectivity index (χ4n) is 2.42. The average molecular weight is 223 g/mol. The first-order valence-electron chi connectivity index (χ1n) is 5.82. The second-order valence-corrected chi connectivity index (χ2v) is 4.24. The van der Waals surface area contributed by atoms with Crippen LogP contribution >= 0.6 is 0 Å². The monoisotopic (exact) mass is 223 g/mol. The maximum Gasteiger partial charge on any atom is 0.127 e. The fraction of sp³-hybridized carbons (Fsp3) is 0.538. The van der Waals surface area contributed by atoms with Crippen molar-refractivity contribution in [1.82, 2.24) is 5.32 Å². The largest absolute Gasteiger partial charge is 0.381 e.